The van der Waals surface area contributed by atoms with Crippen molar-refractivity contribution in [3.05, 3.63) is 70.3 Å². The third-order valence-electron chi connectivity index (χ3n) is 10.4. The minimum absolute atomic E-state index is 0.0462. The van der Waals surface area contributed by atoms with Gasteiger partial charge in [0.1, 0.15) is 11.6 Å². The first-order chi connectivity index (χ1) is 25.4. The Labute approximate surface area is 315 Å². The summed E-state index contributed by atoms with van der Waals surface area (Å²) in [6, 6.07) is 8.24. The minimum atomic E-state index is -1.05. The summed E-state index contributed by atoms with van der Waals surface area (Å²) < 4.78 is 28.2. The van der Waals surface area contributed by atoms with Gasteiger partial charge in [0, 0.05) is 75.7 Å². The lowest BCUT2D eigenvalue weighted by molar-refractivity contribution is -0.133. The molecule has 2 N–H and O–H groups in total. The van der Waals surface area contributed by atoms with Gasteiger partial charge in [0.05, 0.1) is 6.10 Å². The number of carbonyl (C=O) groups is 4. The Morgan fingerprint density at radius 3 is 2.09 bits per heavy atom. The van der Waals surface area contributed by atoms with E-state index < -0.39 is 23.7 Å². The fraction of sp³-hybridized carbons (Fsp3) is 0.619. The van der Waals surface area contributed by atoms with Gasteiger partial charge in [-0.25, -0.2) is 8.78 Å². The van der Waals surface area contributed by atoms with Crippen LogP contribution in [0.5, 0.6) is 0 Å². The fourth-order valence-electron chi connectivity index (χ4n) is 7.28. The zero-order valence-electron chi connectivity index (χ0n) is 32.6. The van der Waals surface area contributed by atoms with E-state index in [2.05, 4.69) is 24.1 Å². The first-order valence-electron chi connectivity index (χ1n) is 19.7. The predicted molar refractivity (Wildman–Crippen MR) is 205 cm³/mol. The number of piperidine rings is 1. The molecule has 0 bridgehead atoms. The maximum absolute atomic E-state index is 14.1. The number of amides is 3. The van der Waals surface area contributed by atoms with Crippen molar-refractivity contribution in [1.29, 1.82) is 0 Å². The number of likely N-dealkylation sites (tertiary alicyclic amines) is 1. The van der Waals surface area contributed by atoms with Crippen LogP contribution in [0.25, 0.3) is 0 Å². The number of benzene rings is 2. The van der Waals surface area contributed by atoms with Crippen LogP contribution in [0, 0.1) is 30.4 Å². The van der Waals surface area contributed by atoms with E-state index in [9.17, 15) is 33.1 Å². The molecule has 0 spiro atoms. The van der Waals surface area contributed by atoms with E-state index >= 15 is 0 Å². The summed E-state index contributed by atoms with van der Waals surface area (Å²) in [6.07, 6.45) is 3.96. The highest BCUT2D eigenvalue weighted by Gasteiger charge is 2.26. The van der Waals surface area contributed by atoms with Crippen LogP contribution in [-0.2, 0) is 16.0 Å². The summed E-state index contributed by atoms with van der Waals surface area (Å²) in [6.45, 7) is 15.5. The minimum Gasteiger partial charge on any atom is -0.393 e. The fourth-order valence-corrected chi connectivity index (χ4v) is 7.28. The van der Waals surface area contributed by atoms with Crippen LogP contribution in [0.2, 0.25) is 0 Å². The van der Waals surface area contributed by atoms with Crippen molar-refractivity contribution in [3.63, 3.8) is 0 Å². The Hall–Kier alpha value is -3.70. The van der Waals surface area contributed by atoms with Crippen molar-refractivity contribution < 1.29 is 33.1 Å². The van der Waals surface area contributed by atoms with Crippen molar-refractivity contribution in [2.75, 3.05) is 52.4 Å². The van der Waals surface area contributed by atoms with Crippen LogP contribution in [0.1, 0.15) is 117 Å². The average molecular weight is 741 g/mol. The number of aliphatic hydroxyl groups is 1. The van der Waals surface area contributed by atoms with Crippen molar-refractivity contribution >= 4 is 23.5 Å². The van der Waals surface area contributed by atoms with Crippen LogP contribution in [0.4, 0.5) is 8.78 Å². The molecule has 3 amide bonds. The van der Waals surface area contributed by atoms with Gasteiger partial charge in [-0.05, 0) is 118 Å². The van der Waals surface area contributed by atoms with E-state index in [1.165, 1.54) is 12.1 Å². The largest absolute Gasteiger partial charge is 0.393 e. The molecule has 2 atom stereocenters. The van der Waals surface area contributed by atoms with Crippen LogP contribution in [0.15, 0.2) is 36.4 Å². The standard InChI is InChI=1S/C42H62F2N4O5/c1-6-17-48(18-7-2)42(53)35-23-30(5)22-33(27-35)39(50)28-34(24-32-25-36(43)29-37(44)26-32)38(49)12-16-45-40(51)11-10-31-13-20-47(21-14-31)41(52)15-19-46(8-3)9-4/h22-23,25-27,29,31,34,38,49H,6-21,24,28H2,1-5H3,(H,45,51)/t34-,38-/m0/s1. The number of nitrogens with one attached hydrogen (secondary N) is 1. The number of halogens is 2. The van der Waals surface area contributed by atoms with Gasteiger partial charge in [-0.3, -0.25) is 19.2 Å². The lowest BCUT2D eigenvalue weighted by Crippen LogP contribution is -2.40. The molecule has 2 aromatic rings. The highest BCUT2D eigenvalue weighted by molar-refractivity contribution is 6.01. The molecule has 294 valence electrons. The molecule has 53 heavy (non-hydrogen) atoms. The van der Waals surface area contributed by atoms with E-state index in [4.69, 9.17) is 0 Å². The third kappa shape index (κ3) is 14.6. The zero-order chi connectivity index (χ0) is 38.9. The van der Waals surface area contributed by atoms with Crippen molar-refractivity contribution in [1.82, 2.24) is 20.0 Å². The number of rotatable bonds is 22. The number of carbonyl (C=O) groups excluding carboxylic acids is 4. The Morgan fingerprint density at radius 2 is 1.49 bits per heavy atom. The Kier molecular flexibility index (Phi) is 18.6. The van der Waals surface area contributed by atoms with E-state index in [0.717, 1.165) is 56.9 Å². The summed E-state index contributed by atoms with van der Waals surface area (Å²) in [7, 11) is 0. The molecule has 0 radical (unpaired) electrons. The molecule has 3 rings (SSSR count). The molecule has 0 saturated carbocycles. The first-order valence-corrected chi connectivity index (χ1v) is 19.7. The number of aliphatic hydroxyl groups excluding tert-OH is 1. The maximum atomic E-state index is 14.1. The number of nitrogens with zero attached hydrogens (tertiary/aromatic N) is 3. The molecule has 0 aliphatic carbocycles. The summed E-state index contributed by atoms with van der Waals surface area (Å²) in [5.41, 5.74) is 1.83. The second-order valence-corrected chi connectivity index (χ2v) is 14.6. The number of ketones is 1. The summed E-state index contributed by atoms with van der Waals surface area (Å²) in [4.78, 5) is 58.4. The van der Waals surface area contributed by atoms with Gasteiger partial charge in [0.2, 0.25) is 11.8 Å². The highest BCUT2D eigenvalue weighted by Crippen LogP contribution is 2.25. The monoisotopic (exact) mass is 740 g/mol. The number of hydrogen-bond acceptors (Lipinski definition) is 6. The molecule has 1 fully saturated rings. The normalized spacial score (nSPS) is 14.6. The van der Waals surface area contributed by atoms with Gasteiger partial charge in [-0.15, -0.1) is 0 Å². The van der Waals surface area contributed by atoms with Gasteiger partial charge in [0.15, 0.2) is 5.78 Å². The first kappa shape index (κ1) is 43.7. The average Bonchev–Trinajstić information content (AvgIpc) is 3.13. The summed E-state index contributed by atoms with van der Waals surface area (Å²) in [5, 5.41) is 14.2. The molecule has 11 heteroatoms. The van der Waals surface area contributed by atoms with Crippen LogP contribution < -0.4 is 5.32 Å². The molecule has 9 nitrogen and oxygen atoms in total. The topological polar surface area (TPSA) is 110 Å². The number of Topliss-reactive ketones (excluding diaryl/α,β-unsaturated/α-hetero) is 1. The Bertz CT molecular complexity index is 1470. The van der Waals surface area contributed by atoms with E-state index in [1.807, 2.05) is 25.7 Å². The van der Waals surface area contributed by atoms with Crippen molar-refractivity contribution in [2.45, 2.75) is 105 Å². The molecule has 1 heterocycles. The molecule has 0 aromatic heterocycles. The highest BCUT2D eigenvalue weighted by atomic mass is 19.1. The van der Waals surface area contributed by atoms with Gasteiger partial charge in [-0.1, -0.05) is 27.7 Å². The SMILES string of the molecule is CCCN(CCC)C(=O)c1cc(C)cc(C(=O)C[C@H](Cc2cc(F)cc(F)c2)[C@@H](O)CCNC(=O)CCC2CCN(C(=O)CCN(CC)CC)CC2)c1. The molecular formula is C42H62F2N4O5. The maximum Gasteiger partial charge on any atom is 0.253 e. The molecular weight excluding hydrogens is 678 g/mol. The predicted octanol–water partition coefficient (Wildman–Crippen LogP) is 6.59. The van der Waals surface area contributed by atoms with E-state index in [1.54, 1.807) is 23.1 Å². The van der Waals surface area contributed by atoms with Crippen molar-refractivity contribution in [3.8, 4) is 0 Å². The van der Waals surface area contributed by atoms with E-state index in [0.29, 0.717) is 68.0 Å². The second kappa shape index (κ2) is 22.5. The Morgan fingerprint density at radius 1 is 0.868 bits per heavy atom. The summed E-state index contributed by atoms with van der Waals surface area (Å²) >= 11 is 0. The lowest BCUT2D eigenvalue weighted by Gasteiger charge is -2.32. The zero-order valence-corrected chi connectivity index (χ0v) is 32.6. The van der Waals surface area contributed by atoms with Gasteiger partial charge in [-0.2, -0.15) is 0 Å². The molecule has 2 aromatic carbocycles. The van der Waals surface area contributed by atoms with Crippen LogP contribution in [-0.4, -0.2) is 102 Å². The van der Waals surface area contributed by atoms with E-state index in [-0.39, 0.29) is 49.3 Å². The van der Waals surface area contributed by atoms with Gasteiger partial charge in [0.25, 0.3) is 5.91 Å². The van der Waals surface area contributed by atoms with Gasteiger partial charge < -0.3 is 25.1 Å². The number of aryl methyl sites for hydroxylation is 1. The molecule has 1 aliphatic rings. The Balaban J connectivity index is 1.57. The molecule has 1 aliphatic heterocycles. The van der Waals surface area contributed by atoms with Crippen LogP contribution >= 0.6 is 0 Å². The number of hydrogen-bond donors (Lipinski definition) is 2. The van der Waals surface area contributed by atoms with Crippen molar-refractivity contribution in [2.24, 2.45) is 11.8 Å². The third-order valence-corrected chi connectivity index (χ3v) is 10.4. The summed E-state index contributed by atoms with van der Waals surface area (Å²) in [5.74, 6) is -2.20. The second-order valence-electron chi connectivity index (χ2n) is 14.6. The van der Waals surface area contributed by atoms with Gasteiger partial charge >= 0.3 is 0 Å². The smallest absolute Gasteiger partial charge is 0.253 e. The van der Waals surface area contributed by atoms with Crippen LogP contribution in [0.3, 0.4) is 0 Å². The molecule has 0 unspecified atom stereocenters. The lowest BCUT2D eigenvalue weighted by atomic mass is 9.86. The molecule has 1 saturated heterocycles. The quantitative estimate of drug-likeness (QED) is 0.132.